The summed E-state index contributed by atoms with van der Waals surface area (Å²) < 4.78 is 1.02. The van der Waals surface area contributed by atoms with E-state index in [1.807, 2.05) is 23.4 Å². The number of hydrogen-bond acceptors (Lipinski definition) is 6. The lowest BCUT2D eigenvalue weighted by atomic mass is 10.2. The highest BCUT2D eigenvalue weighted by molar-refractivity contribution is 9.10. The Kier molecular flexibility index (Phi) is 3.90. The van der Waals surface area contributed by atoms with Crippen molar-refractivity contribution in [2.75, 3.05) is 31.2 Å². The van der Waals surface area contributed by atoms with Crippen LogP contribution in [0.1, 0.15) is 13.3 Å². The molecule has 23 heavy (non-hydrogen) atoms. The third kappa shape index (κ3) is 2.79. The molecule has 4 rings (SSSR count). The summed E-state index contributed by atoms with van der Waals surface area (Å²) in [7, 11) is 0. The van der Waals surface area contributed by atoms with Crippen molar-refractivity contribution in [2.45, 2.75) is 19.4 Å². The fourth-order valence-electron chi connectivity index (χ4n) is 2.99. The molecular weight excluding hydrogens is 356 g/mol. The van der Waals surface area contributed by atoms with Gasteiger partial charge < -0.3 is 10.2 Å². The van der Waals surface area contributed by atoms with Gasteiger partial charge in [-0.3, -0.25) is 4.99 Å². The van der Waals surface area contributed by atoms with E-state index >= 15 is 0 Å². The molecule has 0 amide bonds. The van der Waals surface area contributed by atoms with Crippen LogP contribution in [0.4, 0.5) is 11.4 Å². The summed E-state index contributed by atoms with van der Waals surface area (Å²) in [5, 5.41) is 9.98. The van der Waals surface area contributed by atoms with E-state index in [1.54, 1.807) is 0 Å². The summed E-state index contributed by atoms with van der Waals surface area (Å²) in [6.07, 6.45) is 2.80. The topological polar surface area (TPSA) is 55.6 Å². The lowest BCUT2D eigenvalue weighted by molar-refractivity contribution is 0.360. The zero-order chi connectivity index (χ0) is 15.8. The standard InChI is InChI=1S/C16H19BrN6/c1-11-4-5-19-23-14-10-12(17)2-3-13(14)21-15(16(23)20-11)22-8-6-18-7-9-22/h2-3,5,10-11,18H,4,6-9H2,1H3. The van der Waals surface area contributed by atoms with Gasteiger partial charge in [-0.15, -0.1) is 0 Å². The van der Waals surface area contributed by atoms with E-state index in [4.69, 9.17) is 9.98 Å². The molecule has 0 bridgehead atoms. The van der Waals surface area contributed by atoms with E-state index in [2.05, 4.69) is 44.2 Å². The van der Waals surface area contributed by atoms with Crippen LogP contribution in [0.5, 0.6) is 0 Å². The van der Waals surface area contributed by atoms with Gasteiger partial charge in [0.05, 0.1) is 17.4 Å². The molecule has 7 heteroatoms. The van der Waals surface area contributed by atoms with Gasteiger partial charge >= 0.3 is 0 Å². The second kappa shape index (κ2) is 6.05. The van der Waals surface area contributed by atoms with Crippen LogP contribution in [-0.4, -0.2) is 55.0 Å². The maximum Gasteiger partial charge on any atom is 0.193 e. The Morgan fingerprint density at radius 2 is 2.04 bits per heavy atom. The minimum atomic E-state index is 0.209. The van der Waals surface area contributed by atoms with Crippen molar-refractivity contribution in [1.29, 1.82) is 0 Å². The number of aliphatic imine (C=N–C) groups is 2. The van der Waals surface area contributed by atoms with Gasteiger partial charge in [-0.25, -0.2) is 10.0 Å². The lowest BCUT2D eigenvalue weighted by Crippen LogP contribution is -2.52. The third-order valence-electron chi connectivity index (χ3n) is 4.20. The van der Waals surface area contributed by atoms with Gasteiger partial charge in [0.15, 0.2) is 11.7 Å². The highest BCUT2D eigenvalue weighted by atomic mass is 79.9. The Morgan fingerprint density at radius 3 is 2.87 bits per heavy atom. The van der Waals surface area contributed by atoms with Crippen LogP contribution >= 0.6 is 15.9 Å². The van der Waals surface area contributed by atoms with Crippen molar-refractivity contribution in [3.05, 3.63) is 22.7 Å². The molecule has 0 saturated carbocycles. The quantitative estimate of drug-likeness (QED) is 0.758. The molecule has 1 aromatic carbocycles. The van der Waals surface area contributed by atoms with Crippen LogP contribution < -0.4 is 10.3 Å². The number of hydrazone groups is 1. The van der Waals surface area contributed by atoms with Crippen LogP contribution in [0.2, 0.25) is 0 Å². The molecule has 1 aromatic rings. The molecule has 0 spiro atoms. The van der Waals surface area contributed by atoms with Crippen molar-refractivity contribution in [3.63, 3.8) is 0 Å². The number of nitrogens with zero attached hydrogens (tertiary/aromatic N) is 5. The van der Waals surface area contributed by atoms with Crippen molar-refractivity contribution < 1.29 is 0 Å². The zero-order valence-electron chi connectivity index (χ0n) is 13.0. The Morgan fingerprint density at radius 1 is 1.22 bits per heavy atom. The van der Waals surface area contributed by atoms with Crippen molar-refractivity contribution in [1.82, 2.24) is 10.2 Å². The highest BCUT2D eigenvalue weighted by Crippen LogP contribution is 2.36. The number of anilines is 1. The predicted molar refractivity (Wildman–Crippen MR) is 98.2 cm³/mol. The van der Waals surface area contributed by atoms with Crippen molar-refractivity contribution in [2.24, 2.45) is 15.1 Å². The maximum atomic E-state index is 4.92. The van der Waals surface area contributed by atoms with E-state index in [-0.39, 0.29) is 6.04 Å². The Bertz CT molecular complexity index is 705. The molecule has 3 aliphatic heterocycles. The molecule has 1 atom stereocenters. The molecule has 1 saturated heterocycles. The van der Waals surface area contributed by atoms with Gasteiger partial charge in [-0.2, -0.15) is 5.10 Å². The Hall–Kier alpha value is -1.73. The maximum absolute atomic E-state index is 4.92. The number of piperazine rings is 1. The molecular formula is C16H19BrN6. The van der Waals surface area contributed by atoms with Crippen molar-refractivity contribution in [3.8, 4) is 0 Å². The SMILES string of the molecule is CC1CC=NN2C(=N1)C(N1CCNCC1)=Nc1ccc(Br)cc12. The van der Waals surface area contributed by atoms with Crippen LogP contribution in [0.15, 0.2) is 37.8 Å². The molecule has 0 radical (unpaired) electrons. The van der Waals surface area contributed by atoms with E-state index in [1.165, 1.54) is 0 Å². The predicted octanol–water partition coefficient (Wildman–Crippen LogP) is 2.38. The smallest absolute Gasteiger partial charge is 0.193 e. The lowest BCUT2D eigenvalue weighted by Gasteiger charge is -2.35. The molecule has 1 fully saturated rings. The summed E-state index contributed by atoms with van der Waals surface area (Å²) in [4.78, 5) is 12.1. The first kappa shape index (κ1) is 14.8. The molecule has 1 N–H and O–H groups in total. The average Bonchev–Trinajstić information content (AvgIpc) is 2.76. The van der Waals surface area contributed by atoms with E-state index in [0.717, 1.165) is 60.1 Å². The summed E-state index contributed by atoms with van der Waals surface area (Å²) >= 11 is 3.54. The van der Waals surface area contributed by atoms with Gasteiger partial charge in [0.25, 0.3) is 0 Å². The molecule has 6 nitrogen and oxygen atoms in total. The Labute approximate surface area is 144 Å². The monoisotopic (exact) mass is 374 g/mol. The number of fused-ring (bicyclic) bond motifs is 3. The summed E-state index contributed by atoms with van der Waals surface area (Å²) in [6.45, 7) is 5.94. The van der Waals surface area contributed by atoms with Gasteiger partial charge in [0, 0.05) is 43.3 Å². The fraction of sp³-hybridized carbons (Fsp3) is 0.438. The van der Waals surface area contributed by atoms with E-state index < -0.39 is 0 Å². The van der Waals surface area contributed by atoms with Crippen LogP contribution in [0, 0.1) is 0 Å². The molecule has 3 aliphatic rings. The number of halogens is 1. The van der Waals surface area contributed by atoms with Crippen LogP contribution in [-0.2, 0) is 0 Å². The van der Waals surface area contributed by atoms with Gasteiger partial charge in [-0.05, 0) is 25.1 Å². The summed E-state index contributed by atoms with van der Waals surface area (Å²) in [6, 6.07) is 6.31. The molecule has 1 unspecified atom stereocenters. The van der Waals surface area contributed by atoms with Crippen LogP contribution in [0.3, 0.4) is 0 Å². The first-order chi connectivity index (χ1) is 11.2. The second-order valence-electron chi connectivity index (χ2n) is 5.95. The van der Waals surface area contributed by atoms with E-state index in [9.17, 15) is 0 Å². The first-order valence-electron chi connectivity index (χ1n) is 7.97. The molecule has 0 aromatic heterocycles. The number of benzene rings is 1. The molecule has 120 valence electrons. The molecule has 3 heterocycles. The number of rotatable bonds is 0. The normalized spacial score (nSPS) is 23.7. The minimum absolute atomic E-state index is 0.209. The third-order valence-corrected chi connectivity index (χ3v) is 4.69. The second-order valence-corrected chi connectivity index (χ2v) is 6.87. The summed E-state index contributed by atoms with van der Waals surface area (Å²) in [5.74, 6) is 1.80. The highest BCUT2D eigenvalue weighted by Gasteiger charge is 2.32. The Balaban J connectivity index is 1.85. The van der Waals surface area contributed by atoms with Gasteiger partial charge in [0.1, 0.15) is 0 Å². The fourth-order valence-corrected chi connectivity index (χ4v) is 3.34. The number of hydrogen-bond donors (Lipinski definition) is 1. The minimum Gasteiger partial charge on any atom is -0.351 e. The number of nitrogens with one attached hydrogen (secondary N) is 1. The van der Waals surface area contributed by atoms with Gasteiger partial charge in [-0.1, -0.05) is 15.9 Å². The first-order valence-corrected chi connectivity index (χ1v) is 8.76. The van der Waals surface area contributed by atoms with E-state index in [0.29, 0.717) is 0 Å². The average molecular weight is 375 g/mol. The van der Waals surface area contributed by atoms with Gasteiger partial charge in [0.2, 0.25) is 0 Å². The van der Waals surface area contributed by atoms with Crippen molar-refractivity contribution >= 4 is 45.2 Å². The molecule has 0 aliphatic carbocycles. The number of amidine groups is 2. The van der Waals surface area contributed by atoms with Crippen LogP contribution in [0.25, 0.3) is 0 Å². The zero-order valence-corrected chi connectivity index (χ0v) is 14.6. The largest absolute Gasteiger partial charge is 0.351 e. The summed E-state index contributed by atoms with van der Waals surface area (Å²) in [5.41, 5.74) is 1.91.